The largest absolute Gasteiger partial charge is 0.321 e. The molecular formula is C33H26N4O3S2. The standard InChI is InChI=1S/C33H26N4O3S2/c38-31(24-12-5-2-6-13-24)36-28(22-27-14-9-21-41-27)32(39)35-25-16-18-26(19-17-25)42-30(23-10-3-1-4-11-23)33(40)37-29-15-7-8-20-34-29/h1-22,30H,(H,35,39)(H,36,38)(H,34,37,40)/b28-22-. The van der Waals surface area contributed by atoms with Crippen LogP contribution in [0.3, 0.4) is 0 Å². The molecular weight excluding hydrogens is 565 g/mol. The summed E-state index contributed by atoms with van der Waals surface area (Å²) < 4.78 is 0. The van der Waals surface area contributed by atoms with Crippen molar-refractivity contribution in [3.8, 4) is 0 Å². The lowest BCUT2D eigenvalue weighted by molar-refractivity contribution is -0.116. The van der Waals surface area contributed by atoms with Crippen LogP contribution >= 0.6 is 23.1 Å². The fraction of sp³-hybridized carbons (Fsp3) is 0.0303. The summed E-state index contributed by atoms with van der Waals surface area (Å²) in [5.74, 6) is -0.547. The molecule has 208 valence electrons. The van der Waals surface area contributed by atoms with Crippen LogP contribution in [0.15, 0.2) is 137 Å². The number of nitrogens with one attached hydrogen (secondary N) is 3. The second-order valence-corrected chi connectivity index (χ2v) is 11.1. The zero-order valence-corrected chi connectivity index (χ0v) is 23.9. The van der Waals surface area contributed by atoms with Crippen LogP contribution in [0.4, 0.5) is 11.5 Å². The number of carbonyl (C=O) groups is 3. The third-order valence-corrected chi connectivity index (χ3v) is 8.07. The highest BCUT2D eigenvalue weighted by Crippen LogP contribution is 2.36. The van der Waals surface area contributed by atoms with Gasteiger partial charge in [0.1, 0.15) is 16.8 Å². The van der Waals surface area contributed by atoms with E-state index in [1.807, 2.05) is 72.1 Å². The summed E-state index contributed by atoms with van der Waals surface area (Å²) in [6.07, 6.45) is 3.27. The first-order valence-electron chi connectivity index (χ1n) is 13.0. The van der Waals surface area contributed by atoms with Crippen molar-refractivity contribution in [2.45, 2.75) is 10.1 Å². The Bertz CT molecular complexity index is 1660. The van der Waals surface area contributed by atoms with Crippen LogP contribution in [0.5, 0.6) is 0 Å². The van der Waals surface area contributed by atoms with Crippen molar-refractivity contribution in [2.24, 2.45) is 0 Å². The second-order valence-electron chi connectivity index (χ2n) is 8.98. The van der Waals surface area contributed by atoms with Gasteiger partial charge in [0.15, 0.2) is 0 Å². The molecule has 3 N–H and O–H groups in total. The van der Waals surface area contributed by atoms with Crippen molar-refractivity contribution in [1.82, 2.24) is 10.3 Å². The number of pyridine rings is 1. The molecule has 0 spiro atoms. The Labute approximate surface area is 251 Å². The monoisotopic (exact) mass is 590 g/mol. The Morgan fingerprint density at radius 1 is 0.762 bits per heavy atom. The third-order valence-electron chi connectivity index (χ3n) is 5.98. The molecule has 3 aromatic carbocycles. The van der Waals surface area contributed by atoms with Crippen molar-refractivity contribution < 1.29 is 14.4 Å². The fourth-order valence-corrected chi connectivity index (χ4v) is 5.62. The van der Waals surface area contributed by atoms with Gasteiger partial charge in [0.2, 0.25) is 5.91 Å². The SMILES string of the molecule is O=C(Nc1ccc(SC(C(=O)Nc2ccccn2)c2ccccc2)cc1)/C(=C/c1cccs1)NC(=O)c1ccccc1. The molecule has 0 aliphatic heterocycles. The van der Waals surface area contributed by atoms with Crippen LogP contribution in [-0.2, 0) is 9.59 Å². The Balaban J connectivity index is 1.30. The summed E-state index contributed by atoms with van der Waals surface area (Å²) >= 11 is 2.85. The van der Waals surface area contributed by atoms with Gasteiger partial charge >= 0.3 is 0 Å². The van der Waals surface area contributed by atoms with Gasteiger partial charge in [0, 0.05) is 27.2 Å². The lowest BCUT2D eigenvalue weighted by Crippen LogP contribution is -2.30. The molecule has 7 nitrogen and oxygen atoms in total. The number of thiophene rings is 1. The highest BCUT2D eigenvalue weighted by molar-refractivity contribution is 8.00. The number of rotatable bonds is 10. The number of hydrogen-bond donors (Lipinski definition) is 3. The smallest absolute Gasteiger partial charge is 0.272 e. The molecule has 0 saturated heterocycles. The molecule has 1 unspecified atom stereocenters. The maximum Gasteiger partial charge on any atom is 0.272 e. The van der Waals surface area contributed by atoms with Crippen molar-refractivity contribution >= 4 is 58.4 Å². The first-order valence-corrected chi connectivity index (χ1v) is 14.8. The number of anilines is 2. The average molecular weight is 591 g/mol. The molecule has 1 atom stereocenters. The van der Waals surface area contributed by atoms with Gasteiger partial charge in [-0.2, -0.15) is 0 Å². The predicted molar refractivity (Wildman–Crippen MR) is 169 cm³/mol. The van der Waals surface area contributed by atoms with Crippen LogP contribution < -0.4 is 16.0 Å². The van der Waals surface area contributed by atoms with E-state index in [1.54, 1.807) is 60.8 Å². The van der Waals surface area contributed by atoms with Crippen molar-refractivity contribution in [3.05, 3.63) is 149 Å². The van der Waals surface area contributed by atoms with E-state index in [4.69, 9.17) is 0 Å². The van der Waals surface area contributed by atoms with Crippen LogP contribution in [0.25, 0.3) is 6.08 Å². The van der Waals surface area contributed by atoms with Gasteiger partial charge < -0.3 is 16.0 Å². The summed E-state index contributed by atoms with van der Waals surface area (Å²) in [4.78, 5) is 45.2. The maximum absolute atomic E-state index is 13.3. The first kappa shape index (κ1) is 28.5. The predicted octanol–water partition coefficient (Wildman–Crippen LogP) is 7.02. The fourth-order valence-electron chi connectivity index (χ4n) is 3.94. The van der Waals surface area contributed by atoms with E-state index in [2.05, 4.69) is 20.9 Å². The normalized spacial score (nSPS) is 11.8. The highest BCUT2D eigenvalue weighted by Gasteiger charge is 2.23. The molecule has 0 fully saturated rings. The van der Waals surface area contributed by atoms with Gasteiger partial charge in [-0.3, -0.25) is 14.4 Å². The lowest BCUT2D eigenvalue weighted by Gasteiger charge is -2.17. The summed E-state index contributed by atoms with van der Waals surface area (Å²) in [5.41, 5.74) is 1.97. The molecule has 42 heavy (non-hydrogen) atoms. The third kappa shape index (κ3) is 7.81. The summed E-state index contributed by atoms with van der Waals surface area (Å²) in [6, 6.07) is 34.6. The number of thioether (sulfide) groups is 1. The zero-order chi connectivity index (χ0) is 29.1. The van der Waals surface area contributed by atoms with E-state index in [1.165, 1.54) is 23.1 Å². The van der Waals surface area contributed by atoms with Crippen molar-refractivity contribution in [3.63, 3.8) is 0 Å². The Kier molecular flexibility index (Phi) is 9.56. The summed E-state index contributed by atoms with van der Waals surface area (Å²) in [6.45, 7) is 0. The van der Waals surface area contributed by atoms with Crippen LogP contribution in [-0.4, -0.2) is 22.7 Å². The maximum atomic E-state index is 13.3. The molecule has 9 heteroatoms. The molecule has 0 saturated carbocycles. The van der Waals surface area contributed by atoms with Gasteiger partial charge in [-0.05, 0) is 71.6 Å². The molecule has 0 radical (unpaired) electrons. The molecule has 0 aliphatic carbocycles. The minimum atomic E-state index is -0.526. The van der Waals surface area contributed by atoms with Gasteiger partial charge in [0.25, 0.3) is 11.8 Å². The molecule has 0 aliphatic rings. The number of benzene rings is 3. The van der Waals surface area contributed by atoms with E-state index in [0.29, 0.717) is 17.1 Å². The summed E-state index contributed by atoms with van der Waals surface area (Å²) in [7, 11) is 0. The van der Waals surface area contributed by atoms with Gasteiger partial charge in [-0.1, -0.05) is 60.7 Å². The highest BCUT2D eigenvalue weighted by atomic mass is 32.2. The zero-order valence-electron chi connectivity index (χ0n) is 22.3. The lowest BCUT2D eigenvalue weighted by atomic mass is 10.1. The number of aromatic nitrogens is 1. The summed E-state index contributed by atoms with van der Waals surface area (Å²) in [5, 5.41) is 9.87. The van der Waals surface area contributed by atoms with Gasteiger partial charge in [-0.25, -0.2) is 4.98 Å². The van der Waals surface area contributed by atoms with Crippen molar-refractivity contribution in [2.75, 3.05) is 10.6 Å². The molecule has 5 rings (SSSR count). The van der Waals surface area contributed by atoms with E-state index >= 15 is 0 Å². The van der Waals surface area contributed by atoms with E-state index in [-0.39, 0.29) is 17.5 Å². The quantitative estimate of drug-likeness (QED) is 0.120. The Morgan fingerprint density at radius 3 is 2.14 bits per heavy atom. The van der Waals surface area contributed by atoms with Crippen LogP contribution in [0.1, 0.15) is 26.0 Å². The van der Waals surface area contributed by atoms with Crippen LogP contribution in [0, 0.1) is 0 Å². The molecule has 5 aromatic rings. The van der Waals surface area contributed by atoms with Crippen molar-refractivity contribution in [1.29, 1.82) is 0 Å². The Hall–Kier alpha value is -4.99. The van der Waals surface area contributed by atoms with Gasteiger partial charge in [0.05, 0.1) is 0 Å². The number of carbonyl (C=O) groups excluding carboxylic acids is 3. The van der Waals surface area contributed by atoms with Crippen LogP contribution in [0.2, 0.25) is 0 Å². The topological polar surface area (TPSA) is 100 Å². The van der Waals surface area contributed by atoms with E-state index < -0.39 is 11.2 Å². The minimum absolute atomic E-state index is 0.125. The van der Waals surface area contributed by atoms with Gasteiger partial charge in [-0.15, -0.1) is 23.1 Å². The number of hydrogen-bond acceptors (Lipinski definition) is 6. The minimum Gasteiger partial charge on any atom is -0.321 e. The molecule has 2 aromatic heterocycles. The molecule has 0 bridgehead atoms. The average Bonchev–Trinajstić information content (AvgIpc) is 3.55. The second kappa shape index (κ2) is 14.1. The molecule has 3 amide bonds. The number of amides is 3. The molecule has 2 heterocycles. The van der Waals surface area contributed by atoms with E-state index in [0.717, 1.165) is 15.3 Å². The number of nitrogens with zero attached hydrogens (tertiary/aromatic N) is 1. The van der Waals surface area contributed by atoms with E-state index in [9.17, 15) is 14.4 Å². The Morgan fingerprint density at radius 2 is 1.48 bits per heavy atom. The first-order chi connectivity index (χ1) is 20.5.